The molecule has 1 saturated heterocycles. The fourth-order valence-electron chi connectivity index (χ4n) is 4.90. The number of aromatic hydroxyl groups is 1. The maximum absolute atomic E-state index is 14.1. The monoisotopic (exact) mass is 493 g/mol. The SMILES string of the molecule is CC1=C(c2ccc(F)c(CO)c2)[C@@H](c2ccc(OCCN3CC(CF)C3)cc2)Oc2ccc(O)cc21. The van der Waals surface area contributed by atoms with Gasteiger partial charge in [0.15, 0.2) is 0 Å². The van der Waals surface area contributed by atoms with Gasteiger partial charge >= 0.3 is 0 Å². The number of phenolic OH excluding ortho intramolecular Hbond substituents is 1. The quantitative estimate of drug-likeness (QED) is 0.442. The minimum absolute atomic E-state index is 0.129. The fraction of sp³-hybridized carbons (Fsp3) is 0.310. The average molecular weight is 494 g/mol. The van der Waals surface area contributed by atoms with E-state index >= 15 is 0 Å². The number of halogens is 2. The van der Waals surface area contributed by atoms with Gasteiger partial charge in [0.1, 0.15) is 35.8 Å². The van der Waals surface area contributed by atoms with Gasteiger partial charge in [-0.15, -0.1) is 0 Å². The highest BCUT2D eigenvalue weighted by molar-refractivity contribution is 5.95. The van der Waals surface area contributed by atoms with Gasteiger partial charge in [0.2, 0.25) is 0 Å². The molecule has 0 aromatic heterocycles. The fourth-order valence-corrected chi connectivity index (χ4v) is 4.90. The third-order valence-corrected chi connectivity index (χ3v) is 6.92. The second kappa shape index (κ2) is 10.3. The summed E-state index contributed by atoms with van der Waals surface area (Å²) in [6.45, 7) is 4.14. The largest absolute Gasteiger partial charge is 0.508 e. The van der Waals surface area contributed by atoms with Crippen LogP contribution in [0.3, 0.4) is 0 Å². The minimum Gasteiger partial charge on any atom is -0.508 e. The van der Waals surface area contributed by atoms with E-state index in [1.54, 1.807) is 30.3 Å². The molecule has 0 aliphatic carbocycles. The van der Waals surface area contributed by atoms with E-state index in [0.717, 1.165) is 53.2 Å². The second-order valence-corrected chi connectivity index (χ2v) is 9.38. The van der Waals surface area contributed by atoms with Gasteiger partial charge in [0.05, 0.1) is 13.3 Å². The Morgan fingerprint density at radius 1 is 1.06 bits per heavy atom. The summed E-state index contributed by atoms with van der Waals surface area (Å²) in [5.74, 6) is 1.20. The molecule has 0 radical (unpaired) electrons. The molecule has 7 heteroatoms. The summed E-state index contributed by atoms with van der Waals surface area (Å²) in [6.07, 6.45) is -0.480. The number of aliphatic hydroxyl groups excluding tert-OH is 1. The van der Waals surface area contributed by atoms with Crippen LogP contribution in [0.2, 0.25) is 0 Å². The van der Waals surface area contributed by atoms with Crippen molar-refractivity contribution in [2.75, 3.05) is 32.9 Å². The highest BCUT2D eigenvalue weighted by Crippen LogP contribution is 2.47. The molecule has 2 aliphatic heterocycles. The van der Waals surface area contributed by atoms with Crippen LogP contribution < -0.4 is 9.47 Å². The van der Waals surface area contributed by atoms with Gasteiger partial charge in [-0.1, -0.05) is 18.2 Å². The molecule has 36 heavy (non-hydrogen) atoms. The van der Waals surface area contributed by atoms with Crippen molar-refractivity contribution in [2.45, 2.75) is 19.6 Å². The molecule has 2 heterocycles. The lowest BCUT2D eigenvalue weighted by molar-refractivity contribution is 0.0668. The molecule has 2 aliphatic rings. The number of phenols is 1. The van der Waals surface area contributed by atoms with E-state index in [1.165, 1.54) is 6.07 Å². The molecule has 5 nitrogen and oxygen atoms in total. The summed E-state index contributed by atoms with van der Waals surface area (Å²) in [7, 11) is 0. The zero-order valence-electron chi connectivity index (χ0n) is 20.1. The molecule has 3 aromatic rings. The standard InChI is InChI=1S/C29H29F2NO4/c1-18-25-13-23(34)5-9-27(25)36-29(28(18)21-4-8-26(31)22(12-21)17-33)20-2-6-24(7-3-20)35-11-10-32-15-19(14-30)16-32/h2-9,12-13,19,29,33-34H,10-11,14-17H2,1H3/t29-/m1/s1. The summed E-state index contributed by atoms with van der Waals surface area (Å²) in [4.78, 5) is 2.17. The van der Waals surface area contributed by atoms with Crippen molar-refractivity contribution in [3.8, 4) is 17.2 Å². The first kappa shape index (κ1) is 24.3. The van der Waals surface area contributed by atoms with E-state index < -0.39 is 18.5 Å². The summed E-state index contributed by atoms with van der Waals surface area (Å²) >= 11 is 0. The highest BCUT2D eigenvalue weighted by atomic mass is 19.1. The van der Waals surface area contributed by atoms with Crippen LogP contribution in [0.1, 0.15) is 35.3 Å². The number of alkyl halides is 1. The number of ether oxygens (including phenoxy) is 2. The third kappa shape index (κ3) is 4.81. The van der Waals surface area contributed by atoms with Gasteiger partial charge < -0.3 is 19.7 Å². The number of rotatable bonds is 8. The van der Waals surface area contributed by atoms with Crippen molar-refractivity contribution in [1.29, 1.82) is 0 Å². The van der Waals surface area contributed by atoms with Crippen LogP contribution >= 0.6 is 0 Å². The van der Waals surface area contributed by atoms with Crippen LogP contribution in [0.4, 0.5) is 8.78 Å². The van der Waals surface area contributed by atoms with E-state index in [1.807, 2.05) is 31.2 Å². The highest BCUT2D eigenvalue weighted by Gasteiger charge is 2.30. The van der Waals surface area contributed by atoms with Crippen molar-refractivity contribution in [3.05, 3.63) is 88.7 Å². The molecule has 188 valence electrons. The number of nitrogens with zero attached hydrogens (tertiary/aromatic N) is 1. The van der Waals surface area contributed by atoms with Crippen molar-refractivity contribution < 1.29 is 28.5 Å². The Balaban J connectivity index is 1.41. The van der Waals surface area contributed by atoms with Gasteiger partial charge in [-0.25, -0.2) is 4.39 Å². The maximum atomic E-state index is 14.1. The lowest BCUT2D eigenvalue weighted by Gasteiger charge is -2.37. The number of fused-ring (bicyclic) bond motifs is 1. The summed E-state index contributed by atoms with van der Waals surface area (Å²) in [6, 6.07) is 17.3. The molecule has 0 amide bonds. The van der Waals surface area contributed by atoms with E-state index in [4.69, 9.17) is 9.47 Å². The molecule has 0 spiro atoms. The summed E-state index contributed by atoms with van der Waals surface area (Å²) < 4.78 is 39.0. The first-order valence-electron chi connectivity index (χ1n) is 12.1. The van der Waals surface area contributed by atoms with E-state index in [9.17, 15) is 19.0 Å². The van der Waals surface area contributed by atoms with Crippen molar-refractivity contribution in [2.24, 2.45) is 5.92 Å². The number of hydrogen-bond acceptors (Lipinski definition) is 5. The first-order valence-corrected chi connectivity index (χ1v) is 12.1. The molecular formula is C29H29F2NO4. The van der Waals surface area contributed by atoms with E-state index in [0.29, 0.717) is 12.4 Å². The van der Waals surface area contributed by atoms with Crippen LogP contribution in [-0.4, -0.2) is 48.0 Å². The van der Waals surface area contributed by atoms with Crippen LogP contribution in [0, 0.1) is 11.7 Å². The van der Waals surface area contributed by atoms with Gasteiger partial charge in [0.25, 0.3) is 0 Å². The molecule has 0 saturated carbocycles. The van der Waals surface area contributed by atoms with Gasteiger partial charge in [-0.05, 0) is 66.1 Å². The Kier molecular flexibility index (Phi) is 6.94. The number of allylic oxidation sites excluding steroid dienone is 1. The second-order valence-electron chi connectivity index (χ2n) is 9.38. The number of likely N-dealkylation sites (tertiary alicyclic amines) is 1. The molecule has 0 bridgehead atoms. The molecule has 1 atom stereocenters. The molecule has 3 aromatic carbocycles. The number of benzene rings is 3. The Morgan fingerprint density at radius 3 is 2.56 bits per heavy atom. The van der Waals surface area contributed by atoms with Crippen LogP contribution in [0.25, 0.3) is 11.1 Å². The minimum atomic E-state index is -0.480. The predicted molar refractivity (Wildman–Crippen MR) is 134 cm³/mol. The molecule has 0 unspecified atom stereocenters. The topological polar surface area (TPSA) is 62.2 Å². The van der Waals surface area contributed by atoms with Gasteiger partial charge in [-0.2, -0.15) is 0 Å². The normalized spacial score (nSPS) is 17.9. The molecular weight excluding hydrogens is 464 g/mol. The zero-order valence-corrected chi connectivity index (χ0v) is 20.1. The molecule has 5 rings (SSSR count). The summed E-state index contributed by atoms with van der Waals surface area (Å²) in [5.41, 5.74) is 4.32. The number of aliphatic hydroxyl groups is 1. The molecule has 1 fully saturated rings. The third-order valence-electron chi connectivity index (χ3n) is 6.92. The average Bonchev–Trinajstić information content (AvgIpc) is 2.86. The van der Waals surface area contributed by atoms with Crippen LogP contribution in [0.5, 0.6) is 17.2 Å². The van der Waals surface area contributed by atoms with Crippen molar-refractivity contribution >= 4 is 11.1 Å². The van der Waals surface area contributed by atoms with E-state index in [2.05, 4.69) is 4.90 Å². The smallest absolute Gasteiger partial charge is 0.150 e. The first-order chi connectivity index (χ1) is 17.5. The zero-order chi connectivity index (χ0) is 25.2. The van der Waals surface area contributed by atoms with E-state index in [-0.39, 0.29) is 23.9 Å². The maximum Gasteiger partial charge on any atom is 0.150 e. The Bertz CT molecular complexity index is 1270. The van der Waals surface area contributed by atoms with Crippen molar-refractivity contribution in [3.63, 3.8) is 0 Å². The predicted octanol–water partition coefficient (Wildman–Crippen LogP) is 5.37. The summed E-state index contributed by atoms with van der Waals surface area (Å²) in [5, 5.41) is 19.7. The lowest BCUT2D eigenvalue weighted by atomic mass is 9.85. The van der Waals surface area contributed by atoms with Crippen LogP contribution in [-0.2, 0) is 6.61 Å². The Labute approximate surface area is 209 Å². The van der Waals surface area contributed by atoms with Crippen LogP contribution in [0.15, 0.2) is 60.7 Å². The van der Waals surface area contributed by atoms with Gasteiger partial charge in [-0.3, -0.25) is 9.29 Å². The lowest BCUT2D eigenvalue weighted by Crippen LogP contribution is -2.49. The van der Waals surface area contributed by atoms with Crippen molar-refractivity contribution in [1.82, 2.24) is 4.90 Å². The Morgan fingerprint density at radius 2 is 1.83 bits per heavy atom. The Hall–Kier alpha value is -3.42. The number of hydrogen-bond donors (Lipinski definition) is 2. The molecule has 2 N–H and O–H groups in total. The van der Waals surface area contributed by atoms with Gasteiger partial charge in [0, 0.05) is 42.3 Å².